The molecule has 0 saturated heterocycles. The Kier molecular flexibility index (Phi) is 4.09. The van der Waals surface area contributed by atoms with Crippen LogP contribution >= 0.6 is 23.2 Å². The number of nitrogens with zero attached hydrogens (tertiary/aromatic N) is 2. The molecule has 4 rings (SSSR count). The number of rotatable bonds is 5. The third kappa shape index (κ3) is 2.74. The molecule has 0 amide bonds. The van der Waals surface area contributed by atoms with Gasteiger partial charge in [-0.3, -0.25) is 0 Å². The van der Waals surface area contributed by atoms with E-state index in [2.05, 4.69) is 13.8 Å². The van der Waals surface area contributed by atoms with Gasteiger partial charge in [-0.2, -0.15) is 5.10 Å². The molecule has 1 fully saturated rings. The zero-order chi connectivity index (χ0) is 16.8. The number of aromatic nitrogens is 2. The highest BCUT2D eigenvalue weighted by atomic mass is 35.5. The van der Waals surface area contributed by atoms with Gasteiger partial charge >= 0.3 is 0 Å². The van der Waals surface area contributed by atoms with Gasteiger partial charge in [0.15, 0.2) is 0 Å². The minimum atomic E-state index is 0.632. The van der Waals surface area contributed by atoms with Crippen molar-refractivity contribution < 1.29 is 4.42 Å². The minimum absolute atomic E-state index is 0.632. The molecule has 2 aromatic heterocycles. The largest absolute Gasteiger partial charge is 0.441 e. The molecular weight excluding hydrogens is 343 g/mol. The van der Waals surface area contributed by atoms with Crippen molar-refractivity contribution in [3.63, 3.8) is 0 Å². The number of benzene rings is 1. The predicted octanol–water partition coefficient (Wildman–Crippen LogP) is 6.11. The van der Waals surface area contributed by atoms with Crippen LogP contribution in [0.25, 0.3) is 16.8 Å². The van der Waals surface area contributed by atoms with E-state index in [-0.39, 0.29) is 0 Å². The molecule has 24 heavy (non-hydrogen) atoms. The third-order valence-electron chi connectivity index (χ3n) is 4.71. The molecule has 1 aliphatic carbocycles. The molecule has 126 valence electrons. The van der Waals surface area contributed by atoms with Crippen molar-refractivity contribution in [2.75, 3.05) is 0 Å². The second-order valence-corrected chi connectivity index (χ2v) is 7.51. The Morgan fingerprint density at radius 3 is 2.75 bits per heavy atom. The van der Waals surface area contributed by atoms with E-state index in [1.165, 1.54) is 12.8 Å². The van der Waals surface area contributed by atoms with Crippen molar-refractivity contribution in [2.45, 2.75) is 46.0 Å². The molecular formula is C19H20Cl2N2O. The molecule has 0 spiro atoms. The quantitative estimate of drug-likeness (QED) is 0.547. The van der Waals surface area contributed by atoms with E-state index in [1.54, 1.807) is 6.07 Å². The normalized spacial score (nSPS) is 14.7. The molecule has 1 aromatic carbocycles. The number of hydrogen-bond donors (Lipinski definition) is 0. The Balaban J connectivity index is 1.91. The van der Waals surface area contributed by atoms with Crippen molar-refractivity contribution >= 4 is 28.9 Å². The van der Waals surface area contributed by atoms with Crippen molar-refractivity contribution in [3.05, 3.63) is 45.4 Å². The lowest BCUT2D eigenvalue weighted by Gasteiger charge is -2.05. The molecule has 1 saturated carbocycles. The average Bonchev–Trinajstić information content (AvgIpc) is 3.22. The number of oxazole rings is 1. The van der Waals surface area contributed by atoms with Crippen molar-refractivity contribution in [2.24, 2.45) is 5.92 Å². The second-order valence-electron chi connectivity index (χ2n) is 6.67. The van der Waals surface area contributed by atoms with Gasteiger partial charge in [-0.25, -0.2) is 4.52 Å². The fourth-order valence-electron chi connectivity index (χ4n) is 3.22. The Hall–Kier alpha value is -1.45. The van der Waals surface area contributed by atoms with Gasteiger partial charge in [-0.15, -0.1) is 0 Å². The first kappa shape index (κ1) is 16.0. The maximum Gasteiger partial charge on any atom is 0.230 e. The third-order valence-corrected chi connectivity index (χ3v) is 5.26. The summed E-state index contributed by atoms with van der Waals surface area (Å²) in [5.74, 6) is 1.83. The van der Waals surface area contributed by atoms with E-state index in [1.807, 2.05) is 16.6 Å². The zero-order valence-corrected chi connectivity index (χ0v) is 15.4. The molecule has 0 N–H and O–H groups in total. The predicted molar refractivity (Wildman–Crippen MR) is 98.1 cm³/mol. The smallest absolute Gasteiger partial charge is 0.230 e. The first-order chi connectivity index (χ1) is 11.6. The number of hydrogen-bond acceptors (Lipinski definition) is 2. The van der Waals surface area contributed by atoms with E-state index in [0.717, 1.165) is 59.2 Å². The van der Waals surface area contributed by atoms with E-state index in [0.29, 0.717) is 10.0 Å². The minimum Gasteiger partial charge on any atom is -0.441 e. The molecule has 2 heterocycles. The summed E-state index contributed by atoms with van der Waals surface area (Å²) in [5, 5.41) is 6.09. The van der Waals surface area contributed by atoms with Crippen LogP contribution in [0.5, 0.6) is 0 Å². The van der Waals surface area contributed by atoms with Crippen LogP contribution in [0.1, 0.15) is 43.3 Å². The van der Waals surface area contributed by atoms with Crippen molar-refractivity contribution in [1.29, 1.82) is 0 Å². The number of fused-ring (bicyclic) bond motifs is 1. The molecule has 1 aliphatic rings. The number of halogens is 2. The highest BCUT2D eigenvalue weighted by Crippen LogP contribution is 2.39. The lowest BCUT2D eigenvalue weighted by atomic mass is 10.0. The van der Waals surface area contributed by atoms with E-state index < -0.39 is 0 Å². The van der Waals surface area contributed by atoms with Gasteiger partial charge < -0.3 is 4.42 Å². The maximum absolute atomic E-state index is 6.47. The van der Waals surface area contributed by atoms with Crippen LogP contribution in [0.3, 0.4) is 0 Å². The molecule has 0 aliphatic heterocycles. The van der Waals surface area contributed by atoms with Gasteiger partial charge in [-0.1, -0.05) is 42.6 Å². The monoisotopic (exact) mass is 362 g/mol. The molecule has 5 heteroatoms. The summed E-state index contributed by atoms with van der Waals surface area (Å²) in [7, 11) is 0. The lowest BCUT2D eigenvalue weighted by Crippen LogP contribution is -1.94. The molecule has 0 radical (unpaired) electrons. The summed E-state index contributed by atoms with van der Waals surface area (Å²) in [4.78, 5) is 0. The van der Waals surface area contributed by atoms with Gasteiger partial charge in [0.1, 0.15) is 5.76 Å². The van der Waals surface area contributed by atoms with E-state index in [9.17, 15) is 0 Å². The fourth-order valence-corrected chi connectivity index (χ4v) is 3.73. The van der Waals surface area contributed by atoms with Gasteiger partial charge in [-0.05, 0) is 44.2 Å². The second kappa shape index (κ2) is 6.12. The average molecular weight is 363 g/mol. The Bertz CT molecular complexity index is 906. The summed E-state index contributed by atoms with van der Waals surface area (Å²) in [5.41, 5.74) is 4.87. The van der Waals surface area contributed by atoms with Gasteiger partial charge in [0.05, 0.1) is 22.0 Å². The lowest BCUT2D eigenvalue weighted by molar-refractivity contribution is 0.528. The first-order valence-corrected chi connectivity index (χ1v) is 9.29. The summed E-state index contributed by atoms with van der Waals surface area (Å²) in [6, 6.07) is 5.60. The van der Waals surface area contributed by atoms with Crippen molar-refractivity contribution in [1.82, 2.24) is 9.61 Å². The highest BCUT2D eigenvalue weighted by molar-refractivity contribution is 6.36. The summed E-state index contributed by atoms with van der Waals surface area (Å²) in [6.07, 6.45) is 5.53. The maximum atomic E-state index is 6.47. The SMILES string of the molecule is CCCc1nn2c(C)c(CC3CC3)oc2c1-c1ccc(Cl)cc1Cl. The molecule has 3 nitrogen and oxygen atoms in total. The summed E-state index contributed by atoms with van der Waals surface area (Å²) >= 11 is 12.5. The van der Waals surface area contributed by atoms with Crippen LogP contribution in [-0.4, -0.2) is 9.61 Å². The van der Waals surface area contributed by atoms with Crippen LogP contribution in [-0.2, 0) is 12.8 Å². The molecule has 0 unspecified atom stereocenters. The summed E-state index contributed by atoms with van der Waals surface area (Å²) in [6.45, 7) is 4.24. The first-order valence-electron chi connectivity index (χ1n) is 8.53. The van der Waals surface area contributed by atoms with Crippen LogP contribution in [0.2, 0.25) is 10.0 Å². The molecule has 3 aromatic rings. The van der Waals surface area contributed by atoms with E-state index >= 15 is 0 Å². The Morgan fingerprint density at radius 1 is 1.29 bits per heavy atom. The zero-order valence-electron chi connectivity index (χ0n) is 13.9. The standard InChI is InChI=1S/C19H20Cl2N2O/c1-3-4-16-18(14-8-7-13(20)10-15(14)21)19-23(22-16)11(2)17(24-19)9-12-5-6-12/h7-8,10,12H,3-6,9H2,1-2H3. The van der Waals surface area contributed by atoms with Gasteiger partial charge in [0, 0.05) is 17.0 Å². The topological polar surface area (TPSA) is 30.4 Å². The van der Waals surface area contributed by atoms with Gasteiger partial charge in [0.2, 0.25) is 5.71 Å². The van der Waals surface area contributed by atoms with Crippen LogP contribution in [0.4, 0.5) is 0 Å². The van der Waals surface area contributed by atoms with Crippen LogP contribution in [0.15, 0.2) is 22.6 Å². The van der Waals surface area contributed by atoms with E-state index in [4.69, 9.17) is 32.7 Å². The summed E-state index contributed by atoms with van der Waals surface area (Å²) < 4.78 is 8.20. The molecule has 0 atom stereocenters. The van der Waals surface area contributed by atoms with Crippen LogP contribution in [0, 0.1) is 12.8 Å². The Labute approximate surface area is 151 Å². The molecule has 0 bridgehead atoms. The number of aryl methyl sites for hydroxylation is 2. The fraction of sp³-hybridized carbons (Fsp3) is 0.421. The van der Waals surface area contributed by atoms with Crippen LogP contribution < -0.4 is 0 Å². The van der Waals surface area contributed by atoms with Gasteiger partial charge in [0.25, 0.3) is 0 Å². The highest BCUT2D eigenvalue weighted by Gasteiger charge is 2.27. The Morgan fingerprint density at radius 2 is 2.08 bits per heavy atom. The van der Waals surface area contributed by atoms with Crippen molar-refractivity contribution in [3.8, 4) is 11.1 Å².